The summed E-state index contributed by atoms with van der Waals surface area (Å²) in [5.74, 6) is 0.492. The fraction of sp³-hybridized carbons (Fsp3) is 0.348. The minimum absolute atomic E-state index is 0.220. The van der Waals surface area contributed by atoms with Gasteiger partial charge >= 0.3 is 0 Å². The first-order valence-electron chi connectivity index (χ1n) is 9.71. The highest BCUT2D eigenvalue weighted by Crippen LogP contribution is 2.42. The van der Waals surface area contributed by atoms with Crippen molar-refractivity contribution in [2.24, 2.45) is 0 Å². The van der Waals surface area contributed by atoms with E-state index in [-0.39, 0.29) is 11.9 Å². The normalized spacial score (nSPS) is 20.3. The lowest BCUT2D eigenvalue weighted by Gasteiger charge is -2.42. The van der Waals surface area contributed by atoms with Crippen molar-refractivity contribution in [3.05, 3.63) is 70.1 Å². The summed E-state index contributed by atoms with van der Waals surface area (Å²) in [7, 11) is 0. The van der Waals surface area contributed by atoms with E-state index in [1.54, 1.807) is 12.1 Å². The maximum absolute atomic E-state index is 13.9. The minimum Gasteiger partial charge on any atom is -0.485 e. The Labute approximate surface area is 174 Å². The summed E-state index contributed by atoms with van der Waals surface area (Å²) < 4.78 is 20.1. The van der Waals surface area contributed by atoms with Crippen LogP contribution in [-0.2, 0) is 6.42 Å². The van der Waals surface area contributed by atoms with E-state index in [0.717, 1.165) is 22.0 Å². The molecule has 0 saturated carbocycles. The molecule has 2 heterocycles. The average Bonchev–Trinajstić information content (AvgIpc) is 2.65. The molecule has 4 rings (SSSR count). The molecule has 4 nitrogen and oxygen atoms in total. The van der Waals surface area contributed by atoms with Gasteiger partial charge in [-0.05, 0) is 69.1 Å². The number of fused-ring (bicyclic) bond motifs is 2. The second-order valence-electron chi connectivity index (χ2n) is 8.09. The third kappa shape index (κ3) is 3.82. The lowest BCUT2D eigenvalue weighted by molar-refractivity contribution is -0.0642. The Morgan fingerprint density at radius 2 is 2.00 bits per heavy atom. The summed E-state index contributed by atoms with van der Waals surface area (Å²) in [4.78, 5) is 4.43. The number of rotatable bonds is 4. The fourth-order valence-corrected chi connectivity index (χ4v) is 4.18. The highest BCUT2D eigenvalue weighted by Gasteiger charge is 2.42. The zero-order valence-electron chi connectivity index (χ0n) is 16.7. The number of ether oxygens (including phenoxy) is 1. The molecule has 2 aromatic carbocycles. The molecule has 0 spiro atoms. The van der Waals surface area contributed by atoms with E-state index in [1.807, 2.05) is 45.0 Å². The summed E-state index contributed by atoms with van der Waals surface area (Å²) >= 11 is 6.14. The second-order valence-corrected chi connectivity index (χ2v) is 8.48. The summed E-state index contributed by atoms with van der Waals surface area (Å²) in [6.45, 7) is 6.22. The van der Waals surface area contributed by atoms with E-state index in [0.29, 0.717) is 29.4 Å². The molecule has 0 fully saturated rings. The first-order chi connectivity index (χ1) is 13.8. The maximum Gasteiger partial charge on any atom is 0.131 e. The highest BCUT2D eigenvalue weighted by molar-refractivity contribution is 6.29. The van der Waals surface area contributed by atoms with Crippen LogP contribution in [0.1, 0.15) is 36.6 Å². The van der Waals surface area contributed by atoms with Gasteiger partial charge in [0.1, 0.15) is 28.4 Å². The van der Waals surface area contributed by atoms with Crippen LogP contribution in [0.4, 0.5) is 4.39 Å². The van der Waals surface area contributed by atoms with Gasteiger partial charge in [0.2, 0.25) is 0 Å². The molecule has 0 aliphatic carbocycles. The fourth-order valence-electron chi connectivity index (χ4n) is 3.93. The Kier molecular flexibility index (Phi) is 5.23. The van der Waals surface area contributed by atoms with Gasteiger partial charge in [0.25, 0.3) is 0 Å². The number of benzene rings is 2. The number of aryl methyl sites for hydroxylation is 1. The second kappa shape index (κ2) is 7.56. The molecule has 1 aliphatic heterocycles. The highest BCUT2D eigenvalue weighted by atomic mass is 35.5. The van der Waals surface area contributed by atoms with Crippen LogP contribution < -0.4 is 10.1 Å². The average molecular weight is 415 g/mol. The number of hydrogen-bond donors (Lipinski definition) is 2. The zero-order valence-corrected chi connectivity index (χ0v) is 17.4. The smallest absolute Gasteiger partial charge is 0.131 e. The van der Waals surface area contributed by atoms with Gasteiger partial charge in [0.05, 0.1) is 11.6 Å². The SMILES string of the molecule is Cc1cc(Cl)nc2cc3c(cc12)OC(C)(C)[C@H](O)[C@H]3NCCc1ccccc1F. The number of aliphatic hydroxyl groups is 1. The van der Waals surface area contributed by atoms with Crippen LogP contribution in [0.5, 0.6) is 5.75 Å². The zero-order chi connectivity index (χ0) is 20.8. The summed E-state index contributed by atoms with van der Waals surface area (Å²) in [6, 6.07) is 12.1. The number of nitrogens with zero attached hydrogens (tertiary/aromatic N) is 1. The summed E-state index contributed by atoms with van der Waals surface area (Å²) in [5, 5.41) is 15.8. The molecule has 0 bridgehead atoms. The maximum atomic E-state index is 13.9. The quantitative estimate of drug-likeness (QED) is 0.605. The molecule has 0 radical (unpaired) electrons. The Balaban J connectivity index is 1.68. The molecule has 2 atom stereocenters. The molecule has 6 heteroatoms. The summed E-state index contributed by atoms with van der Waals surface area (Å²) in [5.41, 5.74) is 2.46. The minimum atomic E-state index is -0.784. The number of nitrogens with one attached hydrogen (secondary N) is 1. The molecule has 1 aliphatic rings. The summed E-state index contributed by atoms with van der Waals surface area (Å²) in [6.07, 6.45) is -0.267. The largest absolute Gasteiger partial charge is 0.485 e. The standard InChI is InChI=1S/C23H24ClFN2O2/c1-13-10-20(24)27-18-11-16-19(12-15(13)18)29-23(2,3)22(28)21(16)26-9-8-14-6-4-5-7-17(14)25/h4-7,10-12,21-22,26,28H,8-9H2,1-3H3/t21-,22+/m0/s1. The first kappa shape index (κ1) is 20.1. The Hall–Kier alpha value is -2.21. The van der Waals surface area contributed by atoms with E-state index in [9.17, 15) is 9.50 Å². The van der Waals surface area contributed by atoms with Gasteiger partial charge in [0, 0.05) is 10.9 Å². The Morgan fingerprint density at radius 1 is 1.24 bits per heavy atom. The van der Waals surface area contributed by atoms with E-state index in [2.05, 4.69) is 10.3 Å². The van der Waals surface area contributed by atoms with Crippen molar-refractivity contribution < 1.29 is 14.2 Å². The Morgan fingerprint density at radius 3 is 2.76 bits per heavy atom. The molecule has 0 unspecified atom stereocenters. The molecular weight excluding hydrogens is 391 g/mol. The number of aromatic nitrogens is 1. The van der Waals surface area contributed by atoms with Gasteiger partial charge in [0.15, 0.2) is 0 Å². The van der Waals surface area contributed by atoms with Crippen LogP contribution in [0.25, 0.3) is 10.9 Å². The first-order valence-corrected chi connectivity index (χ1v) is 10.1. The van der Waals surface area contributed by atoms with Gasteiger partial charge in [-0.3, -0.25) is 0 Å². The van der Waals surface area contributed by atoms with Crippen molar-refractivity contribution in [3.8, 4) is 5.75 Å². The van der Waals surface area contributed by atoms with Gasteiger partial charge in [-0.2, -0.15) is 0 Å². The number of halogens is 2. The Bertz CT molecular complexity index is 1070. The van der Waals surface area contributed by atoms with E-state index in [4.69, 9.17) is 16.3 Å². The number of hydrogen-bond acceptors (Lipinski definition) is 4. The molecule has 152 valence electrons. The third-order valence-electron chi connectivity index (χ3n) is 5.57. The van der Waals surface area contributed by atoms with Crippen LogP contribution in [0.2, 0.25) is 5.15 Å². The predicted octanol–water partition coefficient (Wildman–Crippen LogP) is 4.74. The van der Waals surface area contributed by atoms with Crippen LogP contribution >= 0.6 is 11.6 Å². The molecule has 1 aromatic heterocycles. The van der Waals surface area contributed by atoms with E-state index >= 15 is 0 Å². The topological polar surface area (TPSA) is 54.4 Å². The van der Waals surface area contributed by atoms with Gasteiger partial charge in [-0.25, -0.2) is 9.37 Å². The van der Waals surface area contributed by atoms with Gasteiger partial charge < -0.3 is 15.2 Å². The van der Waals surface area contributed by atoms with Crippen molar-refractivity contribution in [2.45, 2.75) is 44.9 Å². The van der Waals surface area contributed by atoms with E-state index < -0.39 is 11.7 Å². The molecule has 2 N–H and O–H groups in total. The van der Waals surface area contributed by atoms with Crippen LogP contribution in [-0.4, -0.2) is 28.3 Å². The van der Waals surface area contributed by atoms with E-state index in [1.165, 1.54) is 6.07 Å². The molecule has 0 amide bonds. The van der Waals surface area contributed by atoms with Crippen LogP contribution in [0.3, 0.4) is 0 Å². The van der Waals surface area contributed by atoms with Gasteiger partial charge in [-0.15, -0.1) is 0 Å². The van der Waals surface area contributed by atoms with Crippen molar-refractivity contribution in [3.63, 3.8) is 0 Å². The lowest BCUT2D eigenvalue weighted by atomic mass is 9.85. The number of pyridine rings is 1. The molecular formula is C23H24ClFN2O2. The van der Waals surface area contributed by atoms with Crippen LogP contribution in [0, 0.1) is 12.7 Å². The predicted molar refractivity (Wildman–Crippen MR) is 113 cm³/mol. The van der Waals surface area contributed by atoms with Gasteiger partial charge in [-0.1, -0.05) is 29.8 Å². The molecule has 3 aromatic rings. The molecule has 0 saturated heterocycles. The molecule has 29 heavy (non-hydrogen) atoms. The monoisotopic (exact) mass is 414 g/mol. The lowest BCUT2D eigenvalue weighted by Crippen LogP contribution is -2.52. The van der Waals surface area contributed by atoms with Crippen molar-refractivity contribution in [1.82, 2.24) is 10.3 Å². The van der Waals surface area contributed by atoms with Crippen molar-refractivity contribution >= 4 is 22.5 Å². The number of aliphatic hydroxyl groups excluding tert-OH is 1. The van der Waals surface area contributed by atoms with Crippen molar-refractivity contribution in [2.75, 3.05) is 6.54 Å². The van der Waals surface area contributed by atoms with Crippen molar-refractivity contribution in [1.29, 1.82) is 0 Å². The van der Waals surface area contributed by atoms with Crippen LogP contribution in [0.15, 0.2) is 42.5 Å². The third-order valence-corrected chi connectivity index (χ3v) is 5.76.